The monoisotopic (exact) mass is 316 g/mol. The van der Waals surface area contributed by atoms with Crippen LogP contribution in [0.15, 0.2) is 15.6 Å². The molecule has 98 valence electrons. The maximum absolute atomic E-state index is 11.4. The van der Waals surface area contributed by atoms with Gasteiger partial charge in [0.1, 0.15) is 10.3 Å². The summed E-state index contributed by atoms with van der Waals surface area (Å²) in [5.41, 5.74) is -0.218. The van der Waals surface area contributed by atoms with Crippen molar-refractivity contribution in [1.82, 2.24) is 15.3 Å². The molecule has 1 atom stereocenters. The van der Waals surface area contributed by atoms with Crippen molar-refractivity contribution in [2.24, 2.45) is 0 Å². The molecule has 2 rings (SSSR count). The smallest absolute Gasteiger partial charge is 0.407 e. The molecule has 0 saturated carbocycles. The van der Waals surface area contributed by atoms with Crippen molar-refractivity contribution in [1.29, 1.82) is 0 Å². The van der Waals surface area contributed by atoms with Crippen LogP contribution in [0.25, 0.3) is 0 Å². The van der Waals surface area contributed by atoms with Gasteiger partial charge in [-0.05, 0) is 22.4 Å². The van der Waals surface area contributed by atoms with E-state index >= 15 is 0 Å². The number of alkyl carbamates (subject to hydrolysis) is 1. The number of carbonyl (C=O) groups is 1. The van der Waals surface area contributed by atoms with Gasteiger partial charge in [-0.25, -0.2) is 9.78 Å². The van der Waals surface area contributed by atoms with Crippen LogP contribution in [0.1, 0.15) is 6.42 Å². The lowest BCUT2D eigenvalue weighted by molar-refractivity contribution is 0.167. The number of halogens is 1. The number of nitrogens with one attached hydrogen (secondary N) is 2. The van der Waals surface area contributed by atoms with E-state index < -0.39 is 6.09 Å². The molecule has 0 bridgehead atoms. The Bertz CT molecular complexity index is 504. The molecule has 0 aliphatic carbocycles. The van der Waals surface area contributed by atoms with Gasteiger partial charge in [-0.1, -0.05) is 0 Å². The van der Waals surface area contributed by atoms with Crippen LogP contribution in [-0.2, 0) is 4.74 Å². The fourth-order valence-corrected chi connectivity index (χ4v) is 2.36. The molecular weight excluding hydrogens is 304 g/mol. The summed E-state index contributed by atoms with van der Waals surface area (Å²) in [5.74, 6) is 0.591. The van der Waals surface area contributed by atoms with Crippen LogP contribution in [0.4, 0.5) is 10.6 Å². The molecule has 2 N–H and O–H groups in total. The Morgan fingerprint density at radius 2 is 2.50 bits per heavy atom. The first-order valence-corrected chi connectivity index (χ1v) is 6.23. The molecule has 1 aliphatic rings. The number of anilines is 1. The van der Waals surface area contributed by atoms with Gasteiger partial charge >= 0.3 is 6.09 Å². The SMILES string of the molecule is COC(=O)NC1CCN(c2nc[nH]c(=O)c2Br)C1. The average Bonchev–Trinajstić information content (AvgIpc) is 2.80. The van der Waals surface area contributed by atoms with Crippen molar-refractivity contribution in [3.05, 3.63) is 21.2 Å². The molecule has 7 nitrogen and oxygen atoms in total. The molecule has 0 spiro atoms. The van der Waals surface area contributed by atoms with Crippen molar-refractivity contribution >= 4 is 27.8 Å². The summed E-state index contributed by atoms with van der Waals surface area (Å²) in [4.78, 5) is 31.1. The number of methoxy groups -OCH3 is 1. The molecule has 1 aromatic heterocycles. The number of rotatable bonds is 2. The van der Waals surface area contributed by atoms with E-state index in [0.717, 1.165) is 13.0 Å². The zero-order chi connectivity index (χ0) is 13.1. The van der Waals surface area contributed by atoms with Gasteiger partial charge in [0.15, 0.2) is 0 Å². The van der Waals surface area contributed by atoms with Crippen molar-refractivity contribution in [2.45, 2.75) is 12.5 Å². The van der Waals surface area contributed by atoms with E-state index in [-0.39, 0.29) is 11.6 Å². The number of H-pyrrole nitrogens is 1. The molecule has 1 aliphatic heterocycles. The van der Waals surface area contributed by atoms with Gasteiger partial charge in [0.2, 0.25) is 0 Å². The Kier molecular flexibility index (Phi) is 3.85. The number of ether oxygens (including phenoxy) is 1. The summed E-state index contributed by atoms with van der Waals surface area (Å²) >= 11 is 3.21. The Balaban J connectivity index is 2.07. The van der Waals surface area contributed by atoms with Crippen LogP contribution in [0.3, 0.4) is 0 Å². The molecule has 1 saturated heterocycles. The van der Waals surface area contributed by atoms with Crippen LogP contribution in [0.5, 0.6) is 0 Å². The van der Waals surface area contributed by atoms with Crippen LogP contribution < -0.4 is 15.8 Å². The van der Waals surface area contributed by atoms with E-state index in [1.807, 2.05) is 4.90 Å². The predicted molar refractivity (Wildman–Crippen MR) is 68.7 cm³/mol. The summed E-state index contributed by atoms with van der Waals surface area (Å²) in [6.45, 7) is 1.33. The molecule has 8 heteroatoms. The quantitative estimate of drug-likeness (QED) is 0.828. The second-order valence-electron chi connectivity index (χ2n) is 3.94. The van der Waals surface area contributed by atoms with E-state index in [0.29, 0.717) is 16.8 Å². The van der Waals surface area contributed by atoms with Crippen molar-refractivity contribution in [2.75, 3.05) is 25.1 Å². The highest BCUT2D eigenvalue weighted by atomic mass is 79.9. The fraction of sp³-hybridized carbons (Fsp3) is 0.500. The Morgan fingerprint density at radius 1 is 1.72 bits per heavy atom. The first-order chi connectivity index (χ1) is 8.61. The zero-order valence-corrected chi connectivity index (χ0v) is 11.4. The van der Waals surface area contributed by atoms with Gasteiger partial charge in [0, 0.05) is 13.1 Å². The van der Waals surface area contributed by atoms with Crippen molar-refractivity contribution in [3.8, 4) is 0 Å². The minimum Gasteiger partial charge on any atom is -0.453 e. The minimum atomic E-state index is -0.445. The van der Waals surface area contributed by atoms with E-state index in [4.69, 9.17) is 0 Å². The molecule has 0 radical (unpaired) electrons. The highest BCUT2D eigenvalue weighted by Gasteiger charge is 2.26. The third-order valence-electron chi connectivity index (χ3n) is 2.77. The van der Waals surface area contributed by atoms with Gasteiger partial charge in [-0.3, -0.25) is 4.79 Å². The lowest BCUT2D eigenvalue weighted by Crippen LogP contribution is -2.37. The topological polar surface area (TPSA) is 87.3 Å². The molecule has 1 unspecified atom stereocenters. The molecule has 18 heavy (non-hydrogen) atoms. The number of hydrogen-bond acceptors (Lipinski definition) is 5. The predicted octanol–water partition coefficient (Wildman–Crippen LogP) is 0.467. The largest absolute Gasteiger partial charge is 0.453 e. The summed E-state index contributed by atoms with van der Waals surface area (Å²) in [5, 5.41) is 2.73. The molecule has 0 aromatic carbocycles. The van der Waals surface area contributed by atoms with Crippen LogP contribution in [0, 0.1) is 0 Å². The normalized spacial score (nSPS) is 18.8. The molecule has 1 fully saturated rings. The molecule has 1 amide bonds. The van der Waals surface area contributed by atoms with Crippen LogP contribution >= 0.6 is 15.9 Å². The minimum absolute atomic E-state index is 0.00503. The van der Waals surface area contributed by atoms with E-state index in [9.17, 15) is 9.59 Å². The third kappa shape index (κ3) is 2.63. The summed E-state index contributed by atoms with van der Waals surface area (Å²) in [6, 6.07) is 0.00503. The van der Waals surface area contributed by atoms with Gasteiger partial charge in [-0.2, -0.15) is 0 Å². The summed E-state index contributed by atoms with van der Waals surface area (Å²) in [6.07, 6.45) is 1.71. The molecule has 1 aromatic rings. The lowest BCUT2D eigenvalue weighted by atomic mass is 10.3. The van der Waals surface area contributed by atoms with Gasteiger partial charge in [0.05, 0.1) is 19.5 Å². The lowest BCUT2D eigenvalue weighted by Gasteiger charge is -2.18. The van der Waals surface area contributed by atoms with E-state index in [1.165, 1.54) is 13.4 Å². The first kappa shape index (κ1) is 12.9. The fourth-order valence-electron chi connectivity index (χ4n) is 1.89. The number of aromatic nitrogens is 2. The van der Waals surface area contributed by atoms with Gasteiger partial charge in [0.25, 0.3) is 5.56 Å². The molecule has 2 heterocycles. The average molecular weight is 317 g/mol. The third-order valence-corrected chi connectivity index (χ3v) is 3.49. The number of amides is 1. The first-order valence-electron chi connectivity index (χ1n) is 5.44. The van der Waals surface area contributed by atoms with Crippen molar-refractivity contribution in [3.63, 3.8) is 0 Å². The van der Waals surface area contributed by atoms with Crippen LogP contribution in [-0.4, -0.2) is 42.3 Å². The second-order valence-corrected chi connectivity index (χ2v) is 4.73. The Hall–Kier alpha value is -1.57. The van der Waals surface area contributed by atoms with Gasteiger partial charge in [-0.15, -0.1) is 0 Å². The maximum atomic E-state index is 11.4. The Morgan fingerprint density at radius 3 is 3.22 bits per heavy atom. The number of nitrogens with zero attached hydrogens (tertiary/aromatic N) is 2. The maximum Gasteiger partial charge on any atom is 0.407 e. The zero-order valence-electron chi connectivity index (χ0n) is 9.77. The summed E-state index contributed by atoms with van der Waals surface area (Å²) in [7, 11) is 1.33. The Labute approximate surface area is 112 Å². The van der Waals surface area contributed by atoms with Crippen molar-refractivity contribution < 1.29 is 9.53 Å². The summed E-state index contributed by atoms with van der Waals surface area (Å²) < 4.78 is 4.95. The number of carbonyl (C=O) groups excluding carboxylic acids is 1. The van der Waals surface area contributed by atoms with Crippen LogP contribution in [0.2, 0.25) is 0 Å². The highest BCUT2D eigenvalue weighted by molar-refractivity contribution is 9.10. The van der Waals surface area contributed by atoms with E-state index in [1.54, 1.807) is 0 Å². The standard InChI is InChI=1S/C10H13BrN4O3/c1-18-10(17)14-6-2-3-15(4-6)8-7(11)9(16)13-5-12-8/h5-6H,2-4H2,1H3,(H,14,17)(H,12,13,16). The molecular formula is C10H13BrN4O3. The number of hydrogen-bond donors (Lipinski definition) is 2. The van der Waals surface area contributed by atoms with E-state index in [2.05, 4.69) is 36.0 Å². The van der Waals surface area contributed by atoms with Gasteiger partial charge < -0.3 is 19.9 Å². The number of aromatic amines is 1. The highest BCUT2D eigenvalue weighted by Crippen LogP contribution is 2.23. The second kappa shape index (κ2) is 5.38.